The van der Waals surface area contributed by atoms with Crippen LogP contribution in [0.25, 0.3) is 0 Å². The Labute approximate surface area is 173 Å². The first-order valence-electron chi connectivity index (χ1n) is 9.93. The second kappa shape index (κ2) is 8.20. The highest BCUT2D eigenvalue weighted by Gasteiger charge is 2.46. The van der Waals surface area contributed by atoms with Gasteiger partial charge in [-0.3, -0.25) is 4.79 Å². The van der Waals surface area contributed by atoms with Crippen LogP contribution in [0.15, 0.2) is 11.1 Å². The lowest BCUT2D eigenvalue weighted by Gasteiger charge is -2.39. The second-order valence-corrected chi connectivity index (χ2v) is 14.3. The van der Waals surface area contributed by atoms with Crippen molar-refractivity contribution in [3.8, 4) is 0 Å². The molecule has 0 aliphatic carbocycles. The molecule has 1 saturated heterocycles. The largest absolute Gasteiger partial charge is 0.447 e. The number of imide groups is 1. The maximum Gasteiger partial charge on any atom is 0.416 e. The minimum Gasteiger partial charge on any atom is -0.447 e. The molecule has 2 aliphatic heterocycles. The lowest BCUT2D eigenvalue weighted by Crippen LogP contribution is -2.48. The molecule has 9 heteroatoms. The number of hydrogen-bond donors (Lipinski definition) is 1. The van der Waals surface area contributed by atoms with E-state index in [1.54, 1.807) is 6.92 Å². The standard InChI is InChI=1S/C20H33NO7Si/c1-11(2)13-10-26-19(25)21(13)15(22)9-14(28-29(7,8)20(4,5)6)16-12(3)17(23)27-18(16)24/h11,13-14,17,23H,9-10H2,1-8H3/t13-,14+,17?/m0/s1. The Kier molecular flexibility index (Phi) is 6.66. The molecule has 164 valence electrons. The molecule has 1 unspecified atom stereocenters. The molecule has 1 N–H and O–H groups in total. The van der Waals surface area contributed by atoms with Crippen LogP contribution in [0.2, 0.25) is 18.1 Å². The van der Waals surface area contributed by atoms with Crippen LogP contribution in [0.5, 0.6) is 0 Å². The van der Waals surface area contributed by atoms with Crippen molar-refractivity contribution in [1.82, 2.24) is 4.90 Å². The molecule has 1 fully saturated rings. The molecule has 0 bridgehead atoms. The highest BCUT2D eigenvalue weighted by molar-refractivity contribution is 6.74. The van der Waals surface area contributed by atoms with Crippen molar-refractivity contribution in [3.63, 3.8) is 0 Å². The van der Waals surface area contributed by atoms with E-state index in [4.69, 9.17) is 13.9 Å². The predicted molar refractivity (Wildman–Crippen MR) is 108 cm³/mol. The summed E-state index contributed by atoms with van der Waals surface area (Å²) < 4.78 is 16.4. The van der Waals surface area contributed by atoms with Gasteiger partial charge in [0.2, 0.25) is 12.2 Å². The number of nitrogens with zero attached hydrogens (tertiary/aromatic N) is 1. The minimum absolute atomic E-state index is 0.0318. The highest BCUT2D eigenvalue weighted by atomic mass is 28.4. The van der Waals surface area contributed by atoms with Crippen LogP contribution < -0.4 is 0 Å². The first-order chi connectivity index (χ1) is 13.2. The van der Waals surface area contributed by atoms with Crippen molar-refractivity contribution < 1.29 is 33.4 Å². The van der Waals surface area contributed by atoms with Crippen LogP contribution in [0, 0.1) is 5.92 Å². The van der Waals surface area contributed by atoms with Crippen molar-refractivity contribution in [2.45, 2.75) is 84.5 Å². The SMILES string of the molecule is CC1=C([C@@H](CC(=O)N2C(=O)OC[C@H]2C(C)C)O[Si](C)(C)C(C)(C)C)C(=O)OC1O. The summed E-state index contributed by atoms with van der Waals surface area (Å²) in [5.41, 5.74) is 0.486. The summed E-state index contributed by atoms with van der Waals surface area (Å²) >= 11 is 0. The number of cyclic esters (lactones) is 2. The van der Waals surface area contributed by atoms with Crippen LogP contribution >= 0.6 is 0 Å². The van der Waals surface area contributed by atoms with Crippen molar-refractivity contribution >= 4 is 26.3 Å². The first kappa shape index (κ1) is 23.6. The van der Waals surface area contributed by atoms with Gasteiger partial charge in [-0.05, 0) is 31.0 Å². The number of carbonyl (C=O) groups is 3. The molecule has 0 aromatic carbocycles. The van der Waals surface area contributed by atoms with Crippen LogP contribution in [0.1, 0.15) is 48.0 Å². The molecule has 2 heterocycles. The minimum atomic E-state index is -2.39. The maximum absolute atomic E-state index is 13.1. The lowest BCUT2D eigenvalue weighted by atomic mass is 10.0. The van der Waals surface area contributed by atoms with Gasteiger partial charge >= 0.3 is 12.1 Å². The summed E-state index contributed by atoms with van der Waals surface area (Å²) in [5, 5.41) is 9.76. The normalized spacial score (nSPS) is 24.3. The molecule has 2 aliphatic rings. The summed E-state index contributed by atoms with van der Waals surface area (Å²) in [5.74, 6) is -1.13. The zero-order chi connectivity index (χ0) is 22.3. The average Bonchev–Trinajstić information content (AvgIpc) is 3.05. The fourth-order valence-electron chi connectivity index (χ4n) is 3.14. The van der Waals surface area contributed by atoms with E-state index in [2.05, 4.69) is 0 Å². The molecular weight excluding hydrogens is 394 g/mol. The monoisotopic (exact) mass is 427 g/mol. The molecular formula is C20H33NO7Si. The lowest BCUT2D eigenvalue weighted by molar-refractivity contribution is -0.152. The summed E-state index contributed by atoms with van der Waals surface area (Å²) in [7, 11) is -2.39. The smallest absolute Gasteiger partial charge is 0.416 e. The van der Waals surface area contributed by atoms with E-state index < -0.39 is 38.7 Å². The molecule has 0 aromatic heterocycles. The summed E-state index contributed by atoms with van der Waals surface area (Å²) in [4.78, 5) is 38.8. The molecule has 2 amide bonds. The first-order valence-corrected chi connectivity index (χ1v) is 12.8. The van der Waals surface area contributed by atoms with Gasteiger partial charge in [0.25, 0.3) is 0 Å². The van der Waals surface area contributed by atoms with Crippen molar-refractivity contribution in [1.29, 1.82) is 0 Å². The number of aliphatic hydroxyl groups excluding tert-OH is 1. The molecule has 29 heavy (non-hydrogen) atoms. The van der Waals surface area contributed by atoms with Gasteiger partial charge in [-0.1, -0.05) is 34.6 Å². The van der Waals surface area contributed by atoms with Gasteiger partial charge in [-0.2, -0.15) is 0 Å². The molecule has 0 aromatic rings. The molecule has 3 atom stereocenters. The number of rotatable bonds is 6. The molecule has 0 radical (unpaired) electrons. The molecule has 2 rings (SSSR count). The van der Waals surface area contributed by atoms with Crippen LogP contribution in [0.3, 0.4) is 0 Å². The van der Waals surface area contributed by atoms with E-state index in [1.165, 1.54) is 0 Å². The van der Waals surface area contributed by atoms with Gasteiger partial charge in [0.05, 0.1) is 24.1 Å². The Hall–Kier alpha value is -1.71. The van der Waals surface area contributed by atoms with E-state index in [-0.39, 0.29) is 35.6 Å². The second-order valence-electron chi connectivity index (χ2n) is 9.58. The highest BCUT2D eigenvalue weighted by Crippen LogP contribution is 2.40. The number of carbonyl (C=O) groups excluding carboxylic acids is 3. The predicted octanol–water partition coefficient (Wildman–Crippen LogP) is 2.96. The van der Waals surface area contributed by atoms with Crippen molar-refractivity contribution in [2.24, 2.45) is 5.92 Å². The summed E-state index contributed by atoms with van der Waals surface area (Å²) in [6.45, 7) is 15.7. The van der Waals surface area contributed by atoms with Crippen molar-refractivity contribution in [2.75, 3.05) is 6.61 Å². The molecule has 0 saturated carbocycles. The molecule has 8 nitrogen and oxygen atoms in total. The fraction of sp³-hybridized carbons (Fsp3) is 0.750. The quantitative estimate of drug-likeness (QED) is 0.513. The van der Waals surface area contributed by atoms with E-state index >= 15 is 0 Å². The van der Waals surface area contributed by atoms with Gasteiger partial charge in [0.15, 0.2) is 8.32 Å². The Morgan fingerprint density at radius 3 is 2.34 bits per heavy atom. The third kappa shape index (κ3) is 4.72. The van der Waals surface area contributed by atoms with Gasteiger partial charge < -0.3 is 19.0 Å². The van der Waals surface area contributed by atoms with Gasteiger partial charge in [0.1, 0.15) is 6.61 Å². The zero-order valence-electron chi connectivity index (χ0n) is 18.6. The topological polar surface area (TPSA) is 102 Å². The number of esters is 1. The third-order valence-electron chi connectivity index (χ3n) is 6.10. The van der Waals surface area contributed by atoms with E-state index in [1.807, 2.05) is 47.7 Å². The van der Waals surface area contributed by atoms with Crippen LogP contribution in [0.4, 0.5) is 4.79 Å². The third-order valence-corrected chi connectivity index (χ3v) is 10.6. The van der Waals surface area contributed by atoms with E-state index in [0.29, 0.717) is 5.57 Å². The van der Waals surface area contributed by atoms with Crippen LogP contribution in [-0.4, -0.2) is 61.3 Å². The Bertz CT molecular complexity index is 723. The number of hydrogen-bond acceptors (Lipinski definition) is 7. The molecule has 0 spiro atoms. The van der Waals surface area contributed by atoms with E-state index in [0.717, 1.165) is 4.90 Å². The van der Waals surface area contributed by atoms with Gasteiger partial charge in [-0.25, -0.2) is 14.5 Å². The van der Waals surface area contributed by atoms with Crippen LogP contribution in [-0.2, 0) is 23.5 Å². The van der Waals surface area contributed by atoms with E-state index in [9.17, 15) is 19.5 Å². The van der Waals surface area contributed by atoms with Crippen molar-refractivity contribution in [3.05, 3.63) is 11.1 Å². The number of aliphatic hydroxyl groups is 1. The van der Waals surface area contributed by atoms with Gasteiger partial charge in [0, 0.05) is 5.57 Å². The number of amides is 2. The Morgan fingerprint density at radius 2 is 1.90 bits per heavy atom. The summed E-state index contributed by atoms with van der Waals surface area (Å²) in [6.07, 6.45) is -3.15. The Morgan fingerprint density at radius 1 is 1.31 bits per heavy atom. The summed E-state index contributed by atoms with van der Waals surface area (Å²) in [6, 6.07) is -0.361. The zero-order valence-corrected chi connectivity index (χ0v) is 19.6. The maximum atomic E-state index is 13.1. The number of ether oxygens (including phenoxy) is 2. The fourth-order valence-corrected chi connectivity index (χ4v) is 4.40. The average molecular weight is 428 g/mol. The van der Waals surface area contributed by atoms with Gasteiger partial charge in [-0.15, -0.1) is 0 Å². The Balaban J connectivity index is 2.37.